The van der Waals surface area contributed by atoms with Gasteiger partial charge in [0.2, 0.25) is 16.0 Å². The van der Waals surface area contributed by atoms with E-state index < -0.39 is 10.0 Å². The maximum absolute atomic E-state index is 13.1. The van der Waals surface area contributed by atoms with Crippen molar-refractivity contribution in [1.82, 2.24) is 24.5 Å². The molecule has 0 bridgehead atoms. The first-order chi connectivity index (χ1) is 21.2. The summed E-state index contributed by atoms with van der Waals surface area (Å²) in [5, 5.41) is 9.17. The second-order valence-electron chi connectivity index (χ2n) is 11.2. The lowest BCUT2D eigenvalue weighted by Gasteiger charge is -2.41. The largest absolute Gasteiger partial charge is 0.371 e. The van der Waals surface area contributed by atoms with Gasteiger partial charge in [-0.2, -0.15) is 4.98 Å². The molecule has 236 valence electrons. The van der Waals surface area contributed by atoms with E-state index in [1.807, 2.05) is 18.2 Å². The standard InChI is InChI=1S/C31H41ClN8O3S/c1-4-38(3)44(42,43)28-11-7-6-10-27(28)35-29-25(32)21-34-31(37-29)36-26-13-12-23(20-24(26)30(41)33-2)40-18-14-22(15-19-40)39-16-8-5-9-17-39/h6-7,10-13,20-22H,4-5,8-9,14-19H2,1-3H3,(H,33,41)(H2,34,35,36,37). The van der Waals surface area contributed by atoms with Crippen LogP contribution in [0.3, 0.4) is 0 Å². The van der Waals surface area contributed by atoms with Crippen LogP contribution in [0.4, 0.5) is 28.8 Å². The first-order valence-corrected chi connectivity index (χ1v) is 17.0. The zero-order valence-electron chi connectivity index (χ0n) is 25.5. The van der Waals surface area contributed by atoms with Crippen LogP contribution >= 0.6 is 11.6 Å². The molecular formula is C31H41ClN8O3S. The van der Waals surface area contributed by atoms with Crippen LogP contribution in [0.25, 0.3) is 0 Å². The number of likely N-dealkylation sites (tertiary alicyclic amines) is 1. The van der Waals surface area contributed by atoms with Crippen LogP contribution in [0.2, 0.25) is 5.02 Å². The van der Waals surface area contributed by atoms with Gasteiger partial charge in [-0.3, -0.25) is 4.79 Å². The number of hydrogen-bond acceptors (Lipinski definition) is 9. The van der Waals surface area contributed by atoms with E-state index >= 15 is 0 Å². The summed E-state index contributed by atoms with van der Waals surface area (Å²) in [6.45, 7) is 6.39. The van der Waals surface area contributed by atoms with Crippen molar-refractivity contribution >= 4 is 56.4 Å². The van der Waals surface area contributed by atoms with Crippen molar-refractivity contribution in [2.75, 3.05) is 62.4 Å². The molecule has 3 aromatic rings. The molecular weight excluding hydrogens is 600 g/mol. The molecule has 2 aliphatic rings. The number of sulfonamides is 1. The van der Waals surface area contributed by atoms with Crippen LogP contribution in [-0.2, 0) is 10.0 Å². The Kier molecular flexibility index (Phi) is 10.2. The summed E-state index contributed by atoms with van der Waals surface area (Å²) < 4.78 is 27.5. The molecule has 1 aromatic heterocycles. The first kappa shape index (κ1) is 32.0. The van der Waals surface area contributed by atoms with E-state index in [-0.39, 0.29) is 27.6 Å². The fraction of sp³-hybridized carbons (Fsp3) is 0.452. The molecule has 11 nitrogen and oxygen atoms in total. The van der Waals surface area contributed by atoms with Crippen molar-refractivity contribution in [2.45, 2.75) is 50.0 Å². The second kappa shape index (κ2) is 14.1. The van der Waals surface area contributed by atoms with Crippen molar-refractivity contribution < 1.29 is 13.2 Å². The molecule has 3 N–H and O–H groups in total. The molecule has 1 amide bonds. The summed E-state index contributed by atoms with van der Waals surface area (Å²) in [6, 6.07) is 13.0. The average molecular weight is 641 g/mol. The minimum Gasteiger partial charge on any atom is -0.371 e. The van der Waals surface area contributed by atoms with Gasteiger partial charge in [-0.15, -0.1) is 0 Å². The van der Waals surface area contributed by atoms with Gasteiger partial charge in [0.1, 0.15) is 9.92 Å². The van der Waals surface area contributed by atoms with Crippen LogP contribution in [0.5, 0.6) is 0 Å². The predicted octanol–water partition coefficient (Wildman–Crippen LogP) is 5.07. The highest BCUT2D eigenvalue weighted by Crippen LogP contribution is 2.32. The smallest absolute Gasteiger partial charge is 0.253 e. The topological polar surface area (TPSA) is 123 Å². The van der Waals surface area contributed by atoms with E-state index in [1.54, 1.807) is 32.2 Å². The van der Waals surface area contributed by atoms with Crippen molar-refractivity contribution in [3.05, 3.63) is 59.2 Å². The van der Waals surface area contributed by atoms with E-state index in [9.17, 15) is 13.2 Å². The number of hydrogen-bond donors (Lipinski definition) is 3. The molecule has 0 spiro atoms. The van der Waals surface area contributed by atoms with Gasteiger partial charge < -0.3 is 25.8 Å². The van der Waals surface area contributed by atoms with Crippen molar-refractivity contribution in [1.29, 1.82) is 0 Å². The third kappa shape index (κ3) is 7.09. The van der Waals surface area contributed by atoms with E-state index in [4.69, 9.17) is 11.6 Å². The number of nitrogens with zero attached hydrogens (tertiary/aromatic N) is 5. The normalized spacial score (nSPS) is 16.6. The van der Waals surface area contributed by atoms with Crippen molar-refractivity contribution in [3.63, 3.8) is 0 Å². The van der Waals surface area contributed by atoms with Gasteiger partial charge in [-0.05, 0) is 69.1 Å². The highest BCUT2D eigenvalue weighted by molar-refractivity contribution is 7.89. The molecule has 0 aliphatic carbocycles. The molecule has 2 aromatic carbocycles. The fourth-order valence-corrected chi connectivity index (χ4v) is 7.29. The Morgan fingerprint density at radius 1 is 1.02 bits per heavy atom. The lowest BCUT2D eigenvalue weighted by atomic mass is 9.99. The van der Waals surface area contributed by atoms with Gasteiger partial charge in [-0.25, -0.2) is 17.7 Å². The summed E-state index contributed by atoms with van der Waals surface area (Å²) in [6.07, 6.45) is 7.59. The lowest BCUT2D eigenvalue weighted by molar-refractivity contribution is 0.0964. The van der Waals surface area contributed by atoms with Gasteiger partial charge in [0.05, 0.1) is 23.1 Å². The molecule has 0 saturated carbocycles. The highest BCUT2D eigenvalue weighted by atomic mass is 35.5. The molecule has 3 heterocycles. The number of aromatic nitrogens is 2. The summed E-state index contributed by atoms with van der Waals surface area (Å²) in [5.74, 6) is 0.188. The molecule has 2 aliphatic heterocycles. The summed E-state index contributed by atoms with van der Waals surface area (Å²) >= 11 is 6.43. The average Bonchev–Trinajstić information content (AvgIpc) is 3.06. The maximum atomic E-state index is 13.1. The third-order valence-electron chi connectivity index (χ3n) is 8.48. The number of carbonyl (C=O) groups excluding carboxylic acids is 1. The fourth-order valence-electron chi connectivity index (χ4n) is 5.83. The molecule has 0 atom stereocenters. The van der Waals surface area contributed by atoms with Gasteiger partial charge in [0, 0.05) is 45.5 Å². The third-order valence-corrected chi connectivity index (χ3v) is 10.7. The number of amides is 1. The number of carbonyl (C=O) groups is 1. The van der Waals surface area contributed by atoms with Crippen LogP contribution in [-0.4, -0.2) is 86.4 Å². The molecule has 44 heavy (non-hydrogen) atoms. The van der Waals surface area contributed by atoms with Gasteiger partial charge in [0.25, 0.3) is 5.91 Å². The Balaban J connectivity index is 1.35. The summed E-state index contributed by atoms with van der Waals surface area (Å²) in [4.78, 5) is 26.9. The molecule has 0 unspecified atom stereocenters. The number of para-hydroxylation sites is 1. The van der Waals surface area contributed by atoms with E-state index in [1.165, 1.54) is 56.0 Å². The number of nitrogens with one attached hydrogen (secondary N) is 3. The Morgan fingerprint density at radius 3 is 2.45 bits per heavy atom. The van der Waals surface area contributed by atoms with Crippen molar-refractivity contribution in [2.24, 2.45) is 0 Å². The lowest BCUT2D eigenvalue weighted by Crippen LogP contribution is -2.46. The van der Waals surface area contributed by atoms with Crippen LogP contribution in [0.15, 0.2) is 53.6 Å². The Morgan fingerprint density at radius 2 is 1.75 bits per heavy atom. The molecule has 0 radical (unpaired) electrons. The van der Waals surface area contributed by atoms with Crippen LogP contribution in [0.1, 0.15) is 49.4 Å². The Labute approximate surface area is 265 Å². The molecule has 2 fully saturated rings. The zero-order chi connectivity index (χ0) is 31.3. The summed E-state index contributed by atoms with van der Waals surface area (Å²) in [5.41, 5.74) is 2.34. The molecule has 2 saturated heterocycles. The van der Waals surface area contributed by atoms with Crippen LogP contribution < -0.4 is 20.9 Å². The maximum Gasteiger partial charge on any atom is 0.253 e. The monoisotopic (exact) mass is 640 g/mol. The predicted molar refractivity (Wildman–Crippen MR) is 176 cm³/mol. The molecule has 13 heteroatoms. The SMILES string of the molecule is CCN(C)S(=O)(=O)c1ccccc1Nc1nc(Nc2ccc(N3CCC(N4CCCCC4)CC3)cc2C(=O)NC)ncc1Cl. The van der Waals surface area contributed by atoms with Gasteiger partial charge in [-0.1, -0.05) is 37.1 Å². The summed E-state index contributed by atoms with van der Waals surface area (Å²) in [7, 11) is -0.605. The first-order valence-electron chi connectivity index (χ1n) is 15.2. The Bertz CT molecular complexity index is 1570. The second-order valence-corrected chi connectivity index (χ2v) is 13.6. The van der Waals surface area contributed by atoms with E-state index in [0.717, 1.165) is 31.6 Å². The van der Waals surface area contributed by atoms with E-state index in [2.05, 4.69) is 35.7 Å². The Hall–Kier alpha value is -3.45. The quantitative estimate of drug-likeness (QED) is 0.279. The number of anilines is 5. The van der Waals surface area contributed by atoms with Gasteiger partial charge in [0.15, 0.2) is 5.82 Å². The number of halogens is 1. The number of piperidine rings is 2. The van der Waals surface area contributed by atoms with Crippen molar-refractivity contribution in [3.8, 4) is 0 Å². The van der Waals surface area contributed by atoms with Crippen LogP contribution in [0, 0.1) is 0 Å². The number of rotatable bonds is 10. The highest BCUT2D eigenvalue weighted by Gasteiger charge is 2.27. The van der Waals surface area contributed by atoms with Gasteiger partial charge >= 0.3 is 0 Å². The molecule has 5 rings (SSSR count). The minimum atomic E-state index is -3.73. The zero-order valence-corrected chi connectivity index (χ0v) is 27.1. The van der Waals surface area contributed by atoms with E-state index in [0.29, 0.717) is 29.5 Å². The minimum absolute atomic E-state index is 0.103. The number of benzene rings is 2.